The molecule has 1 aliphatic carbocycles. The smallest absolute Gasteiger partial charge is 0.0271 e. The van der Waals surface area contributed by atoms with Crippen LogP contribution in [0, 0.1) is 5.41 Å². The first kappa shape index (κ1) is 14.5. The summed E-state index contributed by atoms with van der Waals surface area (Å²) in [5.41, 5.74) is 1.78. The van der Waals surface area contributed by atoms with Gasteiger partial charge < -0.3 is 10.2 Å². The summed E-state index contributed by atoms with van der Waals surface area (Å²) in [5.74, 6) is 0. The third-order valence-electron chi connectivity index (χ3n) is 4.69. The van der Waals surface area contributed by atoms with Gasteiger partial charge in [0.2, 0.25) is 0 Å². The summed E-state index contributed by atoms with van der Waals surface area (Å²) in [4.78, 5) is 6.59. The van der Waals surface area contributed by atoms with Crippen LogP contribution < -0.4 is 5.32 Å². The highest BCUT2D eigenvalue weighted by atomic mass is 15.2. The summed E-state index contributed by atoms with van der Waals surface area (Å²) in [6.45, 7) is 5.87. The van der Waals surface area contributed by atoms with Crippen molar-refractivity contribution in [2.75, 3.05) is 20.6 Å². The van der Waals surface area contributed by atoms with Crippen LogP contribution in [0.1, 0.15) is 32.3 Å². The molecule has 1 heterocycles. The van der Waals surface area contributed by atoms with E-state index in [1.807, 2.05) is 12.4 Å². The third-order valence-corrected chi connectivity index (χ3v) is 4.69. The van der Waals surface area contributed by atoms with Crippen molar-refractivity contribution in [3.8, 4) is 0 Å². The van der Waals surface area contributed by atoms with Crippen LogP contribution in [-0.2, 0) is 6.42 Å². The zero-order valence-electron chi connectivity index (χ0n) is 12.7. The van der Waals surface area contributed by atoms with Crippen molar-refractivity contribution < 1.29 is 0 Å². The second-order valence-electron chi connectivity index (χ2n) is 6.45. The highest BCUT2D eigenvalue weighted by molar-refractivity contribution is 5.10. The Morgan fingerprint density at radius 1 is 1.37 bits per heavy atom. The van der Waals surface area contributed by atoms with Gasteiger partial charge in [0.15, 0.2) is 0 Å². The number of rotatable bonds is 5. The van der Waals surface area contributed by atoms with Crippen LogP contribution in [0.2, 0.25) is 0 Å². The highest BCUT2D eigenvalue weighted by Gasteiger charge is 2.42. The van der Waals surface area contributed by atoms with Crippen molar-refractivity contribution in [2.24, 2.45) is 5.41 Å². The predicted molar refractivity (Wildman–Crippen MR) is 80.2 cm³/mol. The lowest BCUT2D eigenvalue weighted by molar-refractivity contribution is 0.179. The molecule has 1 N–H and O–H groups in total. The summed E-state index contributed by atoms with van der Waals surface area (Å²) in [5, 5.41) is 3.53. The van der Waals surface area contributed by atoms with Crippen LogP contribution in [0.3, 0.4) is 0 Å². The van der Waals surface area contributed by atoms with Gasteiger partial charge >= 0.3 is 0 Å². The Balaban J connectivity index is 1.91. The summed E-state index contributed by atoms with van der Waals surface area (Å²) in [7, 11) is 4.36. The first-order valence-corrected chi connectivity index (χ1v) is 7.31. The molecule has 1 aliphatic rings. The number of nitrogens with zero attached hydrogens (tertiary/aromatic N) is 2. The minimum Gasteiger partial charge on any atom is -0.315 e. The summed E-state index contributed by atoms with van der Waals surface area (Å²) in [6.07, 6.45) is 7.47. The Kier molecular flexibility index (Phi) is 4.58. The molecule has 0 bridgehead atoms. The molecule has 2 rings (SSSR count). The minimum absolute atomic E-state index is 0.407. The molecule has 1 aromatic heterocycles. The van der Waals surface area contributed by atoms with Crippen LogP contribution in [0.15, 0.2) is 24.5 Å². The van der Waals surface area contributed by atoms with E-state index in [9.17, 15) is 0 Å². The van der Waals surface area contributed by atoms with Gasteiger partial charge in [0.05, 0.1) is 0 Å². The van der Waals surface area contributed by atoms with Crippen molar-refractivity contribution >= 4 is 0 Å². The highest BCUT2D eigenvalue weighted by Crippen LogP contribution is 2.39. The average molecular weight is 261 g/mol. The molecule has 2 atom stereocenters. The van der Waals surface area contributed by atoms with Crippen LogP contribution in [0.4, 0.5) is 0 Å². The second-order valence-corrected chi connectivity index (χ2v) is 6.45. The normalized spacial score (nSPS) is 25.9. The molecular weight excluding hydrogens is 234 g/mol. The lowest BCUT2D eigenvalue weighted by atomic mass is 9.86. The van der Waals surface area contributed by atoms with E-state index in [0.717, 1.165) is 13.0 Å². The minimum atomic E-state index is 0.407. The summed E-state index contributed by atoms with van der Waals surface area (Å²) < 4.78 is 0. The van der Waals surface area contributed by atoms with Gasteiger partial charge in [0, 0.05) is 31.0 Å². The molecule has 0 saturated heterocycles. The first-order chi connectivity index (χ1) is 9.04. The monoisotopic (exact) mass is 261 g/mol. The number of likely N-dealkylation sites (N-methyl/N-ethyl adjacent to an activating group) is 2. The van der Waals surface area contributed by atoms with E-state index in [4.69, 9.17) is 0 Å². The standard InChI is InChI=1S/C16H27N3/c1-16(2)9-5-14(15(16)17-3)19(4)12-8-13-6-10-18-11-7-13/h6-7,10-11,14-15,17H,5,8-9,12H2,1-4H3. The van der Waals surface area contributed by atoms with Crippen LogP contribution in [0.5, 0.6) is 0 Å². The molecule has 2 unspecified atom stereocenters. The topological polar surface area (TPSA) is 28.2 Å². The number of nitrogens with one attached hydrogen (secondary N) is 1. The Labute approximate surface area is 117 Å². The summed E-state index contributed by atoms with van der Waals surface area (Å²) in [6, 6.07) is 5.47. The van der Waals surface area contributed by atoms with Crippen LogP contribution >= 0.6 is 0 Å². The Bertz CT molecular complexity index is 388. The van der Waals surface area contributed by atoms with Crippen molar-refractivity contribution in [1.82, 2.24) is 15.2 Å². The van der Waals surface area contributed by atoms with Gasteiger partial charge in [-0.05, 0) is 56.5 Å². The van der Waals surface area contributed by atoms with Gasteiger partial charge in [-0.15, -0.1) is 0 Å². The molecule has 0 spiro atoms. The van der Waals surface area contributed by atoms with Crippen molar-refractivity contribution in [1.29, 1.82) is 0 Å². The molecule has 106 valence electrons. The fourth-order valence-electron chi connectivity index (χ4n) is 3.44. The van der Waals surface area contributed by atoms with E-state index < -0.39 is 0 Å². The van der Waals surface area contributed by atoms with Gasteiger partial charge in [0.1, 0.15) is 0 Å². The van der Waals surface area contributed by atoms with E-state index in [-0.39, 0.29) is 0 Å². The number of hydrogen-bond acceptors (Lipinski definition) is 3. The van der Waals surface area contributed by atoms with Crippen molar-refractivity contribution in [2.45, 2.75) is 45.2 Å². The van der Waals surface area contributed by atoms with E-state index in [2.05, 4.69) is 55.3 Å². The Morgan fingerprint density at radius 2 is 2.05 bits per heavy atom. The van der Waals surface area contributed by atoms with E-state index >= 15 is 0 Å². The molecule has 3 heteroatoms. The second kappa shape index (κ2) is 6.02. The van der Waals surface area contributed by atoms with Crippen LogP contribution in [-0.4, -0.2) is 42.6 Å². The Hall–Kier alpha value is -0.930. The van der Waals surface area contributed by atoms with Gasteiger partial charge in [0.25, 0.3) is 0 Å². The maximum atomic E-state index is 4.07. The SMILES string of the molecule is CNC1C(N(C)CCc2ccncc2)CCC1(C)C. The molecule has 19 heavy (non-hydrogen) atoms. The van der Waals surface area contributed by atoms with Gasteiger partial charge in [-0.1, -0.05) is 13.8 Å². The number of pyridine rings is 1. The van der Waals surface area contributed by atoms with Gasteiger partial charge in [-0.3, -0.25) is 4.98 Å². The van der Waals surface area contributed by atoms with E-state index in [1.54, 1.807) is 0 Å². The fourth-order valence-corrected chi connectivity index (χ4v) is 3.44. The molecule has 0 radical (unpaired) electrons. The zero-order valence-corrected chi connectivity index (χ0v) is 12.7. The molecule has 1 fully saturated rings. The maximum Gasteiger partial charge on any atom is 0.0271 e. The molecule has 1 aromatic rings. The molecule has 0 aromatic carbocycles. The Morgan fingerprint density at radius 3 is 2.68 bits per heavy atom. The molecule has 0 aliphatic heterocycles. The molecule has 0 amide bonds. The van der Waals surface area contributed by atoms with Crippen molar-refractivity contribution in [3.05, 3.63) is 30.1 Å². The number of hydrogen-bond donors (Lipinski definition) is 1. The lowest BCUT2D eigenvalue weighted by Gasteiger charge is -2.35. The lowest BCUT2D eigenvalue weighted by Crippen LogP contribution is -2.49. The largest absolute Gasteiger partial charge is 0.315 e. The van der Waals surface area contributed by atoms with Crippen LogP contribution in [0.25, 0.3) is 0 Å². The fraction of sp³-hybridized carbons (Fsp3) is 0.688. The molecule has 1 saturated carbocycles. The summed E-state index contributed by atoms with van der Waals surface area (Å²) >= 11 is 0. The predicted octanol–water partition coefficient (Wildman–Crippen LogP) is 2.33. The van der Waals surface area contributed by atoms with E-state index in [0.29, 0.717) is 17.5 Å². The first-order valence-electron chi connectivity index (χ1n) is 7.31. The van der Waals surface area contributed by atoms with Crippen molar-refractivity contribution in [3.63, 3.8) is 0 Å². The van der Waals surface area contributed by atoms with Gasteiger partial charge in [-0.2, -0.15) is 0 Å². The van der Waals surface area contributed by atoms with Gasteiger partial charge in [-0.25, -0.2) is 0 Å². The number of aromatic nitrogens is 1. The maximum absolute atomic E-state index is 4.07. The quantitative estimate of drug-likeness (QED) is 0.882. The van der Waals surface area contributed by atoms with E-state index in [1.165, 1.54) is 18.4 Å². The third kappa shape index (κ3) is 3.34. The molecule has 3 nitrogen and oxygen atoms in total. The zero-order chi connectivity index (χ0) is 13.9. The molecular formula is C16H27N3. The average Bonchev–Trinajstić information content (AvgIpc) is 2.72.